The van der Waals surface area contributed by atoms with E-state index in [1.165, 1.54) is 0 Å². The summed E-state index contributed by atoms with van der Waals surface area (Å²) in [6.07, 6.45) is 0.966. The third kappa shape index (κ3) is 3.99. The van der Waals surface area contributed by atoms with Gasteiger partial charge >= 0.3 is 6.03 Å². The highest BCUT2D eigenvalue weighted by atomic mass is 16.2. The Kier molecular flexibility index (Phi) is 5.03. The van der Waals surface area contributed by atoms with Crippen molar-refractivity contribution < 1.29 is 14.4 Å². The molecule has 2 aromatic rings. The number of benzene rings is 2. The van der Waals surface area contributed by atoms with Crippen LogP contribution in [0.4, 0.5) is 10.5 Å². The zero-order chi connectivity index (χ0) is 20.4. The molecule has 1 atom stereocenters. The van der Waals surface area contributed by atoms with Crippen molar-refractivity contribution in [3.05, 3.63) is 77.5 Å². The minimum absolute atomic E-state index is 0.0522. The van der Waals surface area contributed by atoms with Gasteiger partial charge in [0.2, 0.25) is 5.91 Å². The van der Waals surface area contributed by atoms with Crippen LogP contribution in [0.15, 0.2) is 60.8 Å². The first-order valence-corrected chi connectivity index (χ1v) is 9.52. The smallest absolute Gasteiger partial charge is 0.319 e. The number of para-hydroxylation sites is 1. The second-order valence-electron chi connectivity index (χ2n) is 7.23. The number of carbonyl (C=O) groups is 3. The zero-order valence-corrected chi connectivity index (χ0v) is 15.9. The van der Waals surface area contributed by atoms with E-state index in [0.29, 0.717) is 37.2 Å². The Hall–Kier alpha value is -3.61. The average molecular weight is 390 g/mol. The standard InChI is InChI=1S/C22H22N4O3/c1-14-19(9-10-20(27)24-14)26-13-16-11-15(7-8-18(16)21(26)28)12-23-22(29)25-17-5-3-2-4-6-17/h2-8,11,19H,1,9-10,12-13H2,(H,24,27)(H2,23,25,29). The van der Waals surface area contributed by atoms with E-state index in [1.54, 1.807) is 11.0 Å². The maximum atomic E-state index is 12.8. The van der Waals surface area contributed by atoms with Crippen molar-refractivity contribution in [2.24, 2.45) is 0 Å². The molecule has 0 spiro atoms. The van der Waals surface area contributed by atoms with Crippen LogP contribution in [0, 0.1) is 0 Å². The fraction of sp³-hybridized carbons (Fsp3) is 0.227. The fourth-order valence-corrected chi connectivity index (χ4v) is 3.75. The molecule has 7 nitrogen and oxygen atoms in total. The highest BCUT2D eigenvalue weighted by molar-refractivity contribution is 5.99. The topological polar surface area (TPSA) is 90.5 Å². The monoisotopic (exact) mass is 390 g/mol. The van der Waals surface area contributed by atoms with E-state index >= 15 is 0 Å². The van der Waals surface area contributed by atoms with Gasteiger partial charge in [-0.25, -0.2) is 4.79 Å². The Morgan fingerprint density at radius 1 is 1.17 bits per heavy atom. The van der Waals surface area contributed by atoms with Crippen LogP contribution >= 0.6 is 0 Å². The van der Waals surface area contributed by atoms with Crippen LogP contribution in [0.3, 0.4) is 0 Å². The van der Waals surface area contributed by atoms with Crippen molar-refractivity contribution in [2.75, 3.05) is 5.32 Å². The van der Waals surface area contributed by atoms with Gasteiger partial charge in [0, 0.05) is 36.5 Å². The number of hydrogen-bond donors (Lipinski definition) is 3. The van der Waals surface area contributed by atoms with Crippen LogP contribution in [-0.4, -0.2) is 28.8 Å². The molecule has 148 valence electrons. The number of amides is 4. The Morgan fingerprint density at radius 2 is 1.97 bits per heavy atom. The highest BCUT2D eigenvalue weighted by Gasteiger charge is 2.36. The van der Waals surface area contributed by atoms with Gasteiger partial charge in [0.25, 0.3) is 5.91 Å². The third-order valence-electron chi connectivity index (χ3n) is 5.21. The van der Waals surface area contributed by atoms with Crippen LogP contribution in [0.1, 0.15) is 34.3 Å². The van der Waals surface area contributed by atoms with Gasteiger partial charge in [-0.15, -0.1) is 0 Å². The number of urea groups is 1. The minimum atomic E-state index is -0.288. The van der Waals surface area contributed by atoms with Crippen LogP contribution < -0.4 is 16.0 Å². The maximum absolute atomic E-state index is 12.8. The predicted molar refractivity (Wildman–Crippen MR) is 109 cm³/mol. The van der Waals surface area contributed by atoms with Crippen LogP contribution in [-0.2, 0) is 17.9 Å². The van der Waals surface area contributed by atoms with Gasteiger partial charge in [-0.2, -0.15) is 0 Å². The summed E-state index contributed by atoms with van der Waals surface area (Å²) in [6, 6.07) is 14.3. The molecule has 7 heteroatoms. The molecule has 29 heavy (non-hydrogen) atoms. The van der Waals surface area contributed by atoms with E-state index in [-0.39, 0.29) is 23.9 Å². The first-order chi connectivity index (χ1) is 14.0. The van der Waals surface area contributed by atoms with E-state index in [9.17, 15) is 14.4 Å². The summed E-state index contributed by atoms with van der Waals surface area (Å²) in [4.78, 5) is 38.1. The van der Waals surface area contributed by atoms with Gasteiger partial charge in [0.1, 0.15) is 0 Å². The molecule has 2 heterocycles. The largest absolute Gasteiger partial charge is 0.334 e. The number of piperidine rings is 1. The zero-order valence-electron chi connectivity index (χ0n) is 15.9. The molecule has 4 rings (SSSR count). The summed E-state index contributed by atoms with van der Waals surface area (Å²) in [5.41, 5.74) is 3.79. The van der Waals surface area contributed by atoms with E-state index in [1.807, 2.05) is 42.5 Å². The van der Waals surface area contributed by atoms with Crippen molar-refractivity contribution in [3.8, 4) is 0 Å². The molecule has 2 aliphatic heterocycles. The number of nitrogens with zero attached hydrogens (tertiary/aromatic N) is 1. The van der Waals surface area contributed by atoms with Crippen molar-refractivity contribution in [1.82, 2.24) is 15.5 Å². The minimum Gasteiger partial charge on any atom is -0.334 e. The molecule has 0 aromatic heterocycles. The summed E-state index contributed by atoms with van der Waals surface area (Å²) in [5, 5.41) is 8.34. The van der Waals surface area contributed by atoms with E-state index in [2.05, 4.69) is 22.5 Å². The molecule has 3 N–H and O–H groups in total. The molecule has 0 aliphatic carbocycles. The lowest BCUT2D eigenvalue weighted by Crippen LogP contribution is -2.45. The summed E-state index contributed by atoms with van der Waals surface area (Å²) < 4.78 is 0. The van der Waals surface area contributed by atoms with E-state index in [4.69, 9.17) is 0 Å². The molecule has 1 unspecified atom stereocenters. The number of hydrogen-bond acceptors (Lipinski definition) is 3. The van der Waals surface area contributed by atoms with Crippen molar-refractivity contribution in [2.45, 2.75) is 32.0 Å². The molecule has 2 aliphatic rings. The Balaban J connectivity index is 1.39. The van der Waals surface area contributed by atoms with Gasteiger partial charge in [0.05, 0.1) is 6.04 Å². The van der Waals surface area contributed by atoms with Crippen molar-refractivity contribution >= 4 is 23.5 Å². The summed E-state index contributed by atoms with van der Waals surface area (Å²) in [7, 11) is 0. The van der Waals surface area contributed by atoms with Gasteiger partial charge in [-0.1, -0.05) is 36.9 Å². The lowest BCUT2D eigenvalue weighted by atomic mass is 10.0. The van der Waals surface area contributed by atoms with Gasteiger partial charge in [-0.05, 0) is 35.7 Å². The second kappa shape index (κ2) is 7.79. The van der Waals surface area contributed by atoms with Gasteiger partial charge in [-0.3, -0.25) is 9.59 Å². The average Bonchev–Trinajstić information content (AvgIpc) is 3.03. The van der Waals surface area contributed by atoms with E-state index in [0.717, 1.165) is 16.8 Å². The van der Waals surface area contributed by atoms with Gasteiger partial charge in [0.15, 0.2) is 0 Å². The second-order valence-corrected chi connectivity index (χ2v) is 7.23. The van der Waals surface area contributed by atoms with Gasteiger partial charge < -0.3 is 20.9 Å². The molecule has 0 radical (unpaired) electrons. The lowest BCUT2D eigenvalue weighted by Gasteiger charge is -2.32. The summed E-state index contributed by atoms with van der Waals surface area (Å²) >= 11 is 0. The normalized spacial score (nSPS) is 18.3. The van der Waals surface area contributed by atoms with Crippen LogP contribution in [0.25, 0.3) is 0 Å². The molecule has 2 aromatic carbocycles. The van der Waals surface area contributed by atoms with Crippen LogP contribution in [0.2, 0.25) is 0 Å². The number of fused-ring (bicyclic) bond motifs is 1. The number of carbonyl (C=O) groups excluding carboxylic acids is 3. The molecule has 0 saturated carbocycles. The van der Waals surface area contributed by atoms with Crippen molar-refractivity contribution in [1.29, 1.82) is 0 Å². The Bertz CT molecular complexity index is 987. The molecule has 4 amide bonds. The highest BCUT2D eigenvalue weighted by Crippen LogP contribution is 2.30. The fourth-order valence-electron chi connectivity index (χ4n) is 3.75. The number of nitrogens with one attached hydrogen (secondary N) is 3. The number of anilines is 1. The lowest BCUT2D eigenvalue weighted by molar-refractivity contribution is -0.121. The molecule has 0 bridgehead atoms. The Labute approximate surface area is 168 Å². The number of rotatable bonds is 4. The van der Waals surface area contributed by atoms with E-state index < -0.39 is 0 Å². The maximum Gasteiger partial charge on any atom is 0.319 e. The first-order valence-electron chi connectivity index (χ1n) is 9.52. The summed E-state index contributed by atoms with van der Waals surface area (Å²) in [6.45, 7) is 4.73. The third-order valence-corrected chi connectivity index (χ3v) is 5.21. The van der Waals surface area contributed by atoms with Crippen molar-refractivity contribution in [3.63, 3.8) is 0 Å². The summed E-state index contributed by atoms with van der Waals surface area (Å²) in [5.74, 6) is -0.110. The molecule has 1 saturated heterocycles. The predicted octanol–water partition coefficient (Wildman–Crippen LogP) is 2.76. The Morgan fingerprint density at radius 3 is 2.72 bits per heavy atom. The first kappa shape index (κ1) is 18.7. The molecular weight excluding hydrogens is 368 g/mol. The van der Waals surface area contributed by atoms with Crippen LogP contribution in [0.5, 0.6) is 0 Å². The molecular formula is C22H22N4O3. The quantitative estimate of drug-likeness (QED) is 0.750. The molecule has 1 fully saturated rings. The SMILES string of the molecule is C=C1NC(=O)CCC1N1Cc2cc(CNC(=O)Nc3ccccc3)ccc2C1=O.